The Balaban J connectivity index is 1.24. The van der Waals surface area contributed by atoms with Gasteiger partial charge in [0.25, 0.3) is 5.91 Å². The molecular formula is C27H33N5O. The van der Waals surface area contributed by atoms with Gasteiger partial charge in [0.15, 0.2) is 0 Å². The third-order valence-corrected chi connectivity index (χ3v) is 7.18. The van der Waals surface area contributed by atoms with E-state index in [1.807, 2.05) is 29.3 Å². The molecule has 0 spiro atoms. The first kappa shape index (κ1) is 21.8. The number of likely N-dealkylation sites (N-methyl/N-ethyl adjacent to an activating group) is 1. The fourth-order valence-electron chi connectivity index (χ4n) is 5.16. The first-order chi connectivity index (χ1) is 16.2. The number of amides is 1. The molecular weight excluding hydrogens is 410 g/mol. The van der Waals surface area contributed by atoms with E-state index in [2.05, 4.69) is 51.1 Å². The molecule has 0 aliphatic carbocycles. The second-order valence-corrected chi connectivity index (χ2v) is 9.48. The summed E-state index contributed by atoms with van der Waals surface area (Å²) in [4.78, 5) is 29.2. The molecule has 6 heteroatoms. The first-order valence-corrected chi connectivity index (χ1v) is 12.2. The van der Waals surface area contributed by atoms with Gasteiger partial charge in [-0.15, -0.1) is 0 Å². The standard InChI is InChI=1S/C27H33N5O/c1-30-15-17-31(18-16-30)25-20-24(9-12-28-25)27(33)32-13-4-5-21(10-14-32)19-23-7-2-6-22-8-3-11-29-26(22)23/h2-3,6-9,11-12,20-21H,4-5,10,13-19H2,1H3/t21-/m0/s1. The van der Waals surface area contributed by atoms with Crippen molar-refractivity contribution in [2.75, 3.05) is 51.2 Å². The predicted octanol–water partition coefficient (Wildman–Crippen LogP) is 3.87. The largest absolute Gasteiger partial charge is 0.354 e. The number of para-hydroxylation sites is 1. The topological polar surface area (TPSA) is 52.6 Å². The van der Waals surface area contributed by atoms with Crippen LogP contribution in [0.15, 0.2) is 54.9 Å². The van der Waals surface area contributed by atoms with Gasteiger partial charge in [-0.05, 0) is 62.4 Å². The number of rotatable bonds is 4. The number of hydrogen-bond acceptors (Lipinski definition) is 5. The zero-order chi connectivity index (χ0) is 22.6. The van der Waals surface area contributed by atoms with Gasteiger partial charge in [0.2, 0.25) is 0 Å². The number of benzene rings is 1. The van der Waals surface area contributed by atoms with Gasteiger partial charge in [-0.3, -0.25) is 9.78 Å². The van der Waals surface area contributed by atoms with Crippen molar-refractivity contribution >= 4 is 22.6 Å². The van der Waals surface area contributed by atoms with Crippen LogP contribution in [0.2, 0.25) is 0 Å². The molecule has 2 aromatic heterocycles. The second-order valence-electron chi connectivity index (χ2n) is 9.48. The Bertz CT molecular complexity index is 1100. The quantitative estimate of drug-likeness (QED) is 0.613. The van der Waals surface area contributed by atoms with Crippen LogP contribution < -0.4 is 4.90 Å². The van der Waals surface area contributed by atoms with E-state index in [0.717, 1.165) is 81.8 Å². The number of pyridine rings is 2. The molecule has 0 saturated carbocycles. The van der Waals surface area contributed by atoms with Crippen molar-refractivity contribution in [1.29, 1.82) is 0 Å². The molecule has 0 bridgehead atoms. The maximum Gasteiger partial charge on any atom is 0.254 e. The molecule has 0 radical (unpaired) electrons. The number of anilines is 1. The van der Waals surface area contributed by atoms with E-state index in [9.17, 15) is 4.79 Å². The monoisotopic (exact) mass is 443 g/mol. The van der Waals surface area contributed by atoms with Crippen LogP contribution in [0.3, 0.4) is 0 Å². The number of carbonyl (C=O) groups excluding carboxylic acids is 1. The molecule has 2 saturated heterocycles. The van der Waals surface area contributed by atoms with Gasteiger partial charge < -0.3 is 14.7 Å². The van der Waals surface area contributed by atoms with Crippen LogP contribution in [0.1, 0.15) is 35.2 Å². The number of fused-ring (bicyclic) bond motifs is 1. The van der Waals surface area contributed by atoms with Crippen LogP contribution in [0.5, 0.6) is 0 Å². The molecule has 172 valence electrons. The summed E-state index contributed by atoms with van der Waals surface area (Å²) in [6.45, 7) is 5.60. The van der Waals surface area contributed by atoms with Crippen molar-refractivity contribution in [3.8, 4) is 0 Å². The fourth-order valence-corrected chi connectivity index (χ4v) is 5.16. The smallest absolute Gasteiger partial charge is 0.254 e. The van der Waals surface area contributed by atoms with Gasteiger partial charge in [0, 0.05) is 62.6 Å². The zero-order valence-electron chi connectivity index (χ0n) is 19.5. The second kappa shape index (κ2) is 9.87. The molecule has 6 nitrogen and oxygen atoms in total. The molecule has 1 aromatic carbocycles. The molecule has 5 rings (SSSR count). The number of aromatic nitrogens is 2. The fraction of sp³-hybridized carbons (Fsp3) is 0.444. The Morgan fingerprint density at radius 3 is 2.67 bits per heavy atom. The third-order valence-electron chi connectivity index (χ3n) is 7.18. The van der Waals surface area contributed by atoms with Gasteiger partial charge in [0.05, 0.1) is 5.52 Å². The Kier molecular flexibility index (Phi) is 6.53. The highest BCUT2D eigenvalue weighted by Gasteiger charge is 2.23. The Labute approximate surface area is 196 Å². The molecule has 2 aliphatic heterocycles. The minimum absolute atomic E-state index is 0.139. The van der Waals surface area contributed by atoms with Gasteiger partial charge in [-0.1, -0.05) is 24.3 Å². The van der Waals surface area contributed by atoms with E-state index in [1.54, 1.807) is 6.20 Å². The molecule has 2 aliphatic rings. The number of hydrogen-bond donors (Lipinski definition) is 0. The van der Waals surface area contributed by atoms with Crippen molar-refractivity contribution in [2.24, 2.45) is 5.92 Å². The minimum Gasteiger partial charge on any atom is -0.354 e. The van der Waals surface area contributed by atoms with Crippen molar-refractivity contribution in [3.05, 3.63) is 66.0 Å². The maximum absolute atomic E-state index is 13.3. The average molecular weight is 444 g/mol. The van der Waals surface area contributed by atoms with Crippen molar-refractivity contribution in [2.45, 2.75) is 25.7 Å². The average Bonchev–Trinajstić information content (AvgIpc) is 3.10. The van der Waals surface area contributed by atoms with E-state index >= 15 is 0 Å². The molecule has 3 aromatic rings. The molecule has 1 amide bonds. The number of nitrogens with zero attached hydrogens (tertiary/aromatic N) is 5. The molecule has 2 fully saturated rings. The number of carbonyl (C=O) groups is 1. The van der Waals surface area contributed by atoms with Gasteiger partial charge in [-0.2, -0.15) is 0 Å². The van der Waals surface area contributed by atoms with E-state index in [1.165, 1.54) is 10.9 Å². The molecule has 0 N–H and O–H groups in total. The minimum atomic E-state index is 0.139. The van der Waals surface area contributed by atoms with Crippen molar-refractivity contribution in [1.82, 2.24) is 19.8 Å². The summed E-state index contributed by atoms with van der Waals surface area (Å²) in [6, 6.07) is 14.4. The first-order valence-electron chi connectivity index (χ1n) is 12.2. The van der Waals surface area contributed by atoms with E-state index in [0.29, 0.717) is 5.92 Å². The molecule has 0 unspecified atom stereocenters. The SMILES string of the molecule is CN1CCN(c2cc(C(=O)N3CCC[C@H](Cc4cccc5cccnc45)CC3)ccn2)CC1. The highest BCUT2D eigenvalue weighted by atomic mass is 16.2. The lowest BCUT2D eigenvalue weighted by molar-refractivity contribution is 0.0760. The Hall–Kier alpha value is -2.99. The molecule has 4 heterocycles. The molecule has 33 heavy (non-hydrogen) atoms. The van der Waals surface area contributed by atoms with Crippen LogP contribution in [0.25, 0.3) is 10.9 Å². The van der Waals surface area contributed by atoms with Gasteiger partial charge in [-0.25, -0.2) is 4.98 Å². The molecule has 1 atom stereocenters. The number of likely N-dealkylation sites (tertiary alicyclic amines) is 1. The lowest BCUT2D eigenvalue weighted by Gasteiger charge is -2.33. The van der Waals surface area contributed by atoms with E-state index in [4.69, 9.17) is 0 Å². The summed E-state index contributed by atoms with van der Waals surface area (Å²) >= 11 is 0. The van der Waals surface area contributed by atoms with Gasteiger partial charge in [0.1, 0.15) is 5.82 Å². The van der Waals surface area contributed by atoms with E-state index < -0.39 is 0 Å². The van der Waals surface area contributed by atoms with Gasteiger partial charge >= 0.3 is 0 Å². The lowest BCUT2D eigenvalue weighted by Crippen LogP contribution is -2.44. The summed E-state index contributed by atoms with van der Waals surface area (Å²) in [6.07, 6.45) is 7.92. The zero-order valence-corrected chi connectivity index (χ0v) is 19.5. The Morgan fingerprint density at radius 2 is 1.79 bits per heavy atom. The lowest BCUT2D eigenvalue weighted by atomic mass is 9.91. The van der Waals surface area contributed by atoms with Crippen LogP contribution in [0.4, 0.5) is 5.82 Å². The predicted molar refractivity (Wildman–Crippen MR) is 133 cm³/mol. The van der Waals surface area contributed by atoms with Crippen LogP contribution in [-0.4, -0.2) is 72.0 Å². The summed E-state index contributed by atoms with van der Waals surface area (Å²) < 4.78 is 0. The van der Waals surface area contributed by atoms with Crippen LogP contribution in [0, 0.1) is 5.92 Å². The van der Waals surface area contributed by atoms with Crippen LogP contribution >= 0.6 is 0 Å². The third kappa shape index (κ3) is 5.01. The maximum atomic E-state index is 13.3. The Morgan fingerprint density at radius 1 is 0.939 bits per heavy atom. The van der Waals surface area contributed by atoms with Crippen molar-refractivity contribution < 1.29 is 4.79 Å². The summed E-state index contributed by atoms with van der Waals surface area (Å²) in [5, 5.41) is 1.20. The van der Waals surface area contributed by atoms with Crippen LogP contribution in [-0.2, 0) is 6.42 Å². The summed E-state index contributed by atoms with van der Waals surface area (Å²) in [7, 11) is 2.15. The van der Waals surface area contributed by atoms with Crippen molar-refractivity contribution in [3.63, 3.8) is 0 Å². The number of piperazine rings is 1. The summed E-state index contributed by atoms with van der Waals surface area (Å²) in [5.74, 6) is 1.64. The van der Waals surface area contributed by atoms with E-state index in [-0.39, 0.29) is 5.91 Å². The summed E-state index contributed by atoms with van der Waals surface area (Å²) in [5.41, 5.74) is 3.20. The normalized spacial score (nSPS) is 20.1. The highest BCUT2D eigenvalue weighted by molar-refractivity contribution is 5.95. The highest BCUT2D eigenvalue weighted by Crippen LogP contribution is 2.26.